The highest BCUT2D eigenvalue weighted by molar-refractivity contribution is 7.90. The van der Waals surface area contributed by atoms with Crippen molar-refractivity contribution < 1.29 is 27.1 Å². The molecule has 0 N–H and O–H groups in total. The average molecular weight is 530 g/mol. The molecule has 0 radical (unpaired) electrons. The Morgan fingerprint density at radius 3 is 2.57 bits per heavy atom. The Labute approximate surface area is 216 Å². The summed E-state index contributed by atoms with van der Waals surface area (Å²) in [6.07, 6.45) is 3.00. The van der Waals surface area contributed by atoms with Gasteiger partial charge >= 0.3 is 0 Å². The SMILES string of the molecule is COc1ccc(C(=O)N(Cc2cnc(S(=O)(=O)Cc3ccccc3F)n2C[C@@H]2CCCO2)C(C)C)cc1. The summed E-state index contributed by atoms with van der Waals surface area (Å²) in [4.78, 5) is 19.3. The normalized spacial score (nSPS) is 15.8. The number of imidazole rings is 1. The molecule has 1 aliphatic heterocycles. The van der Waals surface area contributed by atoms with Crippen LogP contribution >= 0.6 is 0 Å². The highest BCUT2D eigenvalue weighted by Crippen LogP contribution is 2.24. The largest absolute Gasteiger partial charge is 0.497 e. The predicted octanol–water partition coefficient (Wildman–Crippen LogP) is 4.23. The van der Waals surface area contributed by atoms with Crippen LogP contribution in [-0.4, -0.2) is 54.6 Å². The lowest BCUT2D eigenvalue weighted by atomic mass is 10.1. The van der Waals surface area contributed by atoms with E-state index in [-0.39, 0.29) is 41.9 Å². The van der Waals surface area contributed by atoms with Crippen molar-refractivity contribution in [2.75, 3.05) is 13.7 Å². The maximum atomic E-state index is 14.3. The van der Waals surface area contributed by atoms with Gasteiger partial charge in [0.2, 0.25) is 15.0 Å². The second-order valence-electron chi connectivity index (χ2n) is 9.38. The molecule has 2 aromatic carbocycles. The number of halogens is 1. The number of methoxy groups -OCH3 is 1. The van der Waals surface area contributed by atoms with E-state index in [0.29, 0.717) is 23.6 Å². The van der Waals surface area contributed by atoms with Gasteiger partial charge in [-0.05, 0) is 57.0 Å². The number of ether oxygens (including phenoxy) is 2. The number of amides is 1. The second kappa shape index (κ2) is 11.4. The number of carbonyl (C=O) groups is 1. The first-order chi connectivity index (χ1) is 17.7. The van der Waals surface area contributed by atoms with Crippen LogP contribution in [0.5, 0.6) is 5.75 Å². The first kappa shape index (κ1) is 26.8. The van der Waals surface area contributed by atoms with Crippen molar-refractivity contribution in [3.05, 3.63) is 77.4 Å². The molecule has 0 saturated carbocycles. The molecule has 0 aliphatic carbocycles. The van der Waals surface area contributed by atoms with Crippen LogP contribution in [-0.2, 0) is 33.4 Å². The summed E-state index contributed by atoms with van der Waals surface area (Å²) in [5, 5.41) is -0.151. The summed E-state index contributed by atoms with van der Waals surface area (Å²) >= 11 is 0. The molecule has 10 heteroatoms. The fourth-order valence-corrected chi connectivity index (χ4v) is 5.91. The molecule has 0 spiro atoms. The number of hydrogen-bond acceptors (Lipinski definition) is 6. The molecule has 1 aromatic heterocycles. The van der Waals surface area contributed by atoms with E-state index in [1.165, 1.54) is 24.4 Å². The van der Waals surface area contributed by atoms with Crippen LogP contribution in [0.4, 0.5) is 4.39 Å². The zero-order chi connectivity index (χ0) is 26.6. The third-order valence-corrected chi connectivity index (χ3v) is 8.02. The van der Waals surface area contributed by atoms with Crippen LogP contribution in [0.15, 0.2) is 59.9 Å². The maximum absolute atomic E-state index is 14.3. The van der Waals surface area contributed by atoms with Gasteiger partial charge in [-0.25, -0.2) is 17.8 Å². The monoisotopic (exact) mass is 529 g/mol. The van der Waals surface area contributed by atoms with Gasteiger partial charge in [0.15, 0.2) is 0 Å². The minimum Gasteiger partial charge on any atom is -0.497 e. The van der Waals surface area contributed by atoms with Gasteiger partial charge in [0.05, 0.1) is 43.9 Å². The van der Waals surface area contributed by atoms with Crippen molar-refractivity contribution >= 4 is 15.7 Å². The quantitative estimate of drug-likeness (QED) is 0.390. The highest BCUT2D eigenvalue weighted by atomic mass is 32.2. The summed E-state index contributed by atoms with van der Waals surface area (Å²) in [5.41, 5.74) is 1.14. The number of aromatic nitrogens is 2. The minimum absolute atomic E-state index is 0.0780. The van der Waals surface area contributed by atoms with E-state index in [1.54, 1.807) is 46.9 Å². The summed E-state index contributed by atoms with van der Waals surface area (Å²) in [7, 11) is -2.42. The Balaban J connectivity index is 1.67. The van der Waals surface area contributed by atoms with Crippen molar-refractivity contribution in [1.29, 1.82) is 0 Å². The number of nitrogens with zero attached hydrogens (tertiary/aromatic N) is 3. The van der Waals surface area contributed by atoms with Gasteiger partial charge in [-0.1, -0.05) is 18.2 Å². The van der Waals surface area contributed by atoms with Crippen molar-refractivity contribution in [2.24, 2.45) is 0 Å². The van der Waals surface area contributed by atoms with Gasteiger partial charge in [0.1, 0.15) is 11.6 Å². The van der Waals surface area contributed by atoms with Crippen LogP contribution in [0, 0.1) is 5.82 Å². The Morgan fingerprint density at radius 1 is 1.22 bits per heavy atom. The van der Waals surface area contributed by atoms with E-state index >= 15 is 0 Å². The van der Waals surface area contributed by atoms with E-state index in [2.05, 4.69) is 4.98 Å². The van der Waals surface area contributed by atoms with Gasteiger partial charge in [-0.3, -0.25) is 4.79 Å². The van der Waals surface area contributed by atoms with Gasteiger partial charge in [-0.2, -0.15) is 0 Å². The third kappa shape index (κ3) is 6.19. The Hall–Kier alpha value is -3.24. The third-order valence-electron chi connectivity index (χ3n) is 6.45. The number of carbonyl (C=O) groups excluding carboxylic acids is 1. The number of sulfone groups is 1. The molecule has 1 atom stereocenters. The van der Waals surface area contributed by atoms with E-state index < -0.39 is 21.4 Å². The van der Waals surface area contributed by atoms with E-state index in [9.17, 15) is 17.6 Å². The molecular weight excluding hydrogens is 497 g/mol. The Morgan fingerprint density at radius 2 is 1.95 bits per heavy atom. The molecule has 198 valence electrons. The van der Waals surface area contributed by atoms with E-state index in [1.807, 2.05) is 13.8 Å². The molecule has 1 fully saturated rings. The van der Waals surface area contributed by atoms with Crippen molar-refractivity contribution in [2.45, 2.75) is 62.8 Å². The first-order valence-electron chi connectivity index (χ1n) is 12.3. The summed E-state index contributed by atoms with van der Waals surface area (Å²) < 4.78 is 53.7. The molecule has 8 nitrogen and oxygen atoms in total. The van der Waals surface area contributed by atoms with Gasteiger partial charge in [-0.15, -0.1) is 0 Å². The maximum Gasteiger partial charge on any atom is 0.254 e. The standard InChI is InChI=1S/C27H32FN3O5S/c1-19(2)30(26(32)20-10-12-23(35-3)13-11-20)16-22-15-29-27(31(22)17-24-8-6-14-36-24)37(33,34)18-21-7-4-5-9-25(21)28/h4-5,7,9-13,15,19,24H,6,8,14,16-18H2,1-3H3/t24-/m0/s1. The summed E-state index contributed by atoms with van der Waals surface area (Å²) in [6.45, 7) is 4.84. The Bertz CT molecular complexity index is 1330. The van der Waals surface area contributed by atoms with Gasteiger partial charge in [0, 0.05) is 23.8 Å². The lowest BCUT2D eigenvalue weighted by molar-refractivity contribution is 0.0678. The van der Waals surface area contributed by atoms with Crippen LogP contribution < -0.4 is 4.74 Å². The number of rotatable bonds is 10. The predicted molar refractivity (Wildman–Crippen MR) is 136 cm³/mol. The zero-order valence-electron chi connectivity index (χ0n) is 21.3. The average Bonchev–Trinajstić information content (AvgIpc) is 3.54. The Kier molecular flexibility index (Phi) is 8.29. The molecule has 0 unspecified atom stereocenters. The smallest absolute Gasteiger partial charge is 0.254 e. The van der Waals surface area contributed by atoms with Crippen LogP contribution in [0.2, 0.25) is 0 Å². The number of benzene rings is 2. The summed E-state index contributed by atoms with van der Waals surface area (Å²) in [6, 6.07) is 12.5. The highest BCUT2D eigenvalue weighted by Gasteiger charge is 2.29. The minimum atomic E-state index is -3.98. The molecular formula is C27H32FN3O5S. The van der Waals surface area contributed by atoms with Gasteiger partial charge in [0.25, 0.3) is 5.91 Å². The second-order valence-corrected chi connectivity index (χ2v) is 11.3. The lowest BCUT2D eigenvalue weighted by Crippen LogP contribution is -2.37. The van der Waals surface area contributed by atoms with Crippen LogP contribution in [0.3, 0.4) is 0 Å². The molecule has 37 heavy (non-hydrogen) atoms. The first-order valence-corrected chi connectivity index (χ1v) is 13.9. The molecule has 1 amide bonds. The fraction of sp³-hybridized carbons (Fsp3) is 0.407. The lowest BCUT2D eigenvalue weighted by Gasteiger charge is -2.28. The van der Waals surface area contributed by atoms with Crippen LogP contribution in [0.1, 0.15) is 48.3 Å². The molecule has 1 aliphatic rings. The van der Waals surface area contributed by atoms with Crippen molar-refractivity contribution in [3.8, 4) is 5.75 Å². The van der Waals surface area contributed by atoms with Crippen molar-refractivity contribution in [1.82, 2.24) is 14.5 Å². The van der Waals surface area contributed by atoms with E-state index in [4.69, 9.17) is 9.47 Å². The molecule has 1 saturated heterocycles. The topological polar surface area (TPSA) is 90.7 Å². The fourth-order valence-electron chi connectivity index (χ4n) is 4.40. The van der Waals surface area contributed by atoms with Gasteiger partial charge < -0.3 is 18.9 Å². The number of hydrogen-bond donors (Lipinski definition) is 0. The summed E-state index contributed by atoms with van der Waals surface area (Å²) in [5.74, 6) is -0.648. The van der Waals surface area contributed by atoms with Crippen molar-refractivity contribution in [3.63, 3.8) is 0 Å². The van der Waals surface area contributed by atoms with Crippen LogP contribution in [0.25, 0.3) is 0 Å². The molecule has 2 heterocycles. The molecule has 0 bridgehead atoms. The molecule has 4 rings (SSSR count). The molecule has 3 aromatic rings. The zero-order valence-corrected chi connectivity index (χ0v) is 22.1. The van der Waals surface area contributed by atoms with E-state index in [0.717, 1.165) is 12.8 Å².